The van der Waals surface area contributed by atoms with Gasteiger partial charge in [0.2, 0.25) is 5.88 Å². The molecular formula is C26H32F2N4O5. The van der Waals surface area contributed by atoms with E-state index in [1.165, 1.54) is 4.90 Å². The van der Waals surface area contributed by atoms with Gasteiger partial charge in [0.15, 0.2) is 5.60 Å². The topological polar surface area (TPSA) is 96.4 Å². The summed E-state index contributed by atoms with van der Waals surface area (Å²) in [7, 11) is 0. The average Bonchev–Trinajstić information content (AvgIpc) is 3.47. The zero-order valence-electron chi connectivity index (χ0n) is 20.8. The second-order valence-electron chi connectivity index (χ2n) is 9.65. The molecular weight excluding hydrogens is 486 g/mol. The van der Waals surface area contributed by atoms with E-state index in [0.717, 1.165) is 22.5 Å². The van der Waals surface area contributed by atoms with Gasteiger partial charge in [0, 0.05) is 44.2 Å². The number of anilines is 2. The van der Waals surface area contributed by atoms with Crippen LogP contribution < -0.4 is 15.0 Å². The van der Waals surface area contributed by atoms with E-state index in [9.17, 15) is 18.7 Å². The number of pyridine rings is 1. The van der Waals surface area contributed by atoms with Gasteiger partial charge in [-0.1, -0.05) is 6.07 Å². The predicted molar refractivity (Wildman–Crippen MR) is 133 cm³/mol. The number of urea groups is 1. The maximum absolute atomic E-state index is 14.4. The first-order chi connectivity index (χ1) is 17.8. The fourth-order valence-electron chi connectivity index (χ4n) is 5.12. The van der Waals surface area contributed by atoms with Crippen LogP contribution in [0.3, 0.4) is 0 Å². The Balaban J connectivity index is 1.37. The van der Waals surface area contributed by atoms with Crippen LogP contribution in [0, 0.1) is 6.92 Å². The number of rotatable bonds is 6. The summed E-state index contributed by atoms with van der Waals surface area (Å²) in [6, 6.07) is 8.87. The number of amides is 2. The zero-order chi connectivity index (χ0) is 26.0. The maximum Gasteiger partial charge on any atom is 0.321 e. The second kappa shape index (κ2) is 10.4. The SMILES string of the molecule is Cc1ccc(NC(=O)N2CCC3(C2)OCCC3(F)F)cc1-c1cc(OCCO)nc(N2CCOCC2)c1. The van der Waals surface area contributed by atoms with Crippen LogP contribution in [0.25, 0.3) is 11.1 Å². The Labute approximate surface area is 214 Å². The standard InChI is InChI=1S/C26H32F2N4O5/c1-18-2-3-20(29-24(34)32-6-4-25(17-32)26(27,28)5-10-37-25)16-21(18)19-14-22(31-7-11-35-12-8-31)30-23(15-19)36-13-9-33/h2-3,14-16,33H,4-13,17H2,1H3,(H,29,34). The van der Waals surface area contributed by atoms with Gasteiger partial charge in [0.1, 0.15) is 12.4 Å². The summed E-state index contributed by atoms with van der Waals surface area (Å²) in [5.74, 6) is -1.81. The Hall–Kier alpha value is -3.02. The molecule has 1 aromatic heterocycles. The zero-order valence-corrected chi connectivity index (χ0v) is 20.8. The number of aliphatic hydroxyl groups excluding tert-OH is 1. The highest BCUT2D eigenvalue weighted by Gasteiger charge is 2.62. The quantitative estimate of drug-likeness (QED) is 0.606. The van der Waals surface area contributed by atoms with Crippen LogP contribution in [0.1, 0.15) is 18.4 Å². The molecule has 3 aliphatic heterocycles. The molecule has 0 radical (unpaired) electrons. The van der Waals surface area contributed by atoms with Crippen LogP contribution in [-0.4, -0.2) is 91.8 Å². The number of halogens is 2. The number of nitrogens with one attached hydrogen (secondary N) is 1. The molecule has 1 aromatic carbocycles. The van der Waals surface area contributed by atoms with E-state index >= 15 is 0 Å². The van der Waals surface area contributed by atoms with E-state index in [4.69, 9.17) is 14.2 Å². The Kier molecular flexibility index (Phi) is 7.19. The molecule has 37 heavy (non-hydrogen) atoms. The third-order valence-electron chi connectivity index (χ3n) is 7.24. The van der Waals surface area contributed by atoms with Crippen molar-refractivity contribution in [3.8, 4) is 17.0 Å². The molecule has 0 bridgehead atoms. The number of carbonyl (C=O) groups is 1. The van der Waals surface area contributed by atoms with Gasteiger partial charge in [-0.25, -0.2) is 13.6 Å². The highest BCUT2D eigenvalue weighted by molar-refractivity contribution is 5.91. The Morgan fingerprint density at radius 3 is 2.70 bits per heavy atom. The number of likely N-dealkylation sites (tertiary alicyclic amines) is 1. The number of hydrogen-bond acceptors (Lipinski definition) is 7. The summed E-state index contributed by atoms with van der Waals surface area (Å²) in [4.78, 5) is 21.1. The molecule has 2 N–H and O–H groups in total. The number of ether oxygens (including phenoxy) is 3. The molecule has 2 amide bonds. The highest BCUT2D eigenvalue weighted by Crippen LogP contribution is 2.46. The van der Waals surface area contributed by atoms with Crippen LogP contribution in [0.5, 0.6) is 5.88 Å². The molecule has 1 unspecified atom stereocenters. The van der Waals surface area contributed by atoms with Gasteiger partial charge in [0.25, 0.3) is 5.92 Å². The summed E-state index contributed by atoms with van der Waals surface area (Å²) in [6.45, 7) is 4.64. The molecule has 4 heterocycles. The Bertz CT molecular complexity index is 1140. The smallest absolute Gasteiger partial charge is 0.321 e. The first-order valence-electron chi connectivity index (χ1n) is 12.6. The van der Waals surface area contributed by atoms with Crippen molar-refractivity contribution in [3.05, 3.63) is 35.9 Å². The van der Waals surface area contributed by atoms with Crippen LogP contribution in [0.15, 0.2) is 30.3 Å². The van der Waals surface area contributed by atoms with Gasteiger partial charge in [-0.3, -0.25) is 0 Å². The number of hydrogen-bond donors (Lipinski definition) is 2. The largest absolute Gasteiger partial charge is 0.475 e. The van der Waals surface area contributed by atoms with Crippen molar-refractivity contribution in [2.24, 2.45) is 0 Å². The molecule has 11 heteroatoms. The molecule has 5 rings (SSSR count). The fraction of sp³-hybridized carbons (Fsp3) is 0.538. The third-order valence-corrected chi connectivity index (χ3v) is 7.24. The third kappa shape index (κ3) is 5.21. The Morgan fingerprint density at radius 2 is 1.97 bits per heavy atom. The predicted octanol–water partition coefficient (Wildman–Crippen LogP) is 3.30. The van der Waals surface area contributed by atoms with E-state index in [1.807, 2.05) is 25.1 Å². The van der Waals surface area contributed by atoms with Crippen LogP contribution in [0.2, 0.25) is 0 Å². The average molecular weight is 519 g/mol. The van der Waals surface area contributed by atoms with Gasteiger partial charge in [-0.2, -0.15) is 4.98 Å². The number of nitrogens with zero attached hydrogens (tertiary/aromatic N) is 3. The first kappa shape index (κ1) is 25.6. The van der Waals surface area contributed by atoms with E-state index in [2.05, 4.69) is 15.2 Å². The first-order valence-corrected chi connectivity index (χ1v) is 12.6. The molecule has 0 aliphatic carbocycles. The fourth-order valence-corrected chi connectivity index (χ4v) is 5.12. The monoisotopic (exact) mass is 518 g/mol. The number of morpholine rings is 1. The molecule has 2 aromatic rings. The Morgan fingerprint density at radius 1 is 1.16 bits per heavy atom. The minimum Gasteiger partial charge on any atom is -0.475 e. The molecule has 1 spiro atoms. The summed E-state index contributed by atoms with van der Waals surface area (Å²) in [6.07, 6.45) is -0.198. The van der Waals surface area contributed by atoms with Crippen molar-refractivity contribution in [1.29, 1.82) is 0 Å². The lowest BCUT2D eigenvalue weighted by atomic mass is 9.95. The number of alkyl halides is 2. The highest BCUT2D eigenvalue weighted by atomic mass is 19.3. The maximum atomic E-state index is 14.4. The van der Waals surface area contributed by atoms with Gasteiger partial charge < -0.3 is 34.4 Å². The van der Waals surface area contributed by atoms with Gasteiger partial charge in [0.05, 0.1) is 33.0 Å². The molecule has 3 fully saturated rings. The molecule has 3 saturated heterocycles. The summed E-state index contributed by atoms with van der Waals surface area (Å²) >= 11 is 0. The van der Waals surface area contributed by atoms with Crippen LogP contribution in [-0.2, 0) is 9.47 Å². The molecule has 1 atom stereocenters. The van der Waals surface area contributed by atoms with Gasteiger partial charge in [-0.05, 0) is 41.8 Å². The van der Waals surface area contributed by atoms with Gasteiger partial charge >= 0.3 is 6.03 Å². The van der Waals surface area contributed by atoms with Crippen molar-refractivity contribution in [2.75, 3.05) is 69.4 Å². The number of benzene rings is 1. The van der Waals surface area contributed by atoms with E-state index < -0.39 is 17.6 Å². The summed E-state index contributed by atoms with van der Waals surface area (Å²) in [5, 5.41) is 12.1. The summed E-state index contributed by atoms with van der Waals surface area (Å²) in [5.41, 5.74) is 1.66. The molecule has 0 saturated carbocycles. The van der Waals surface area contributed by atoms with Crippen LogP contribution >= 0.6 is 0 Å². The van der Waals surface area contributed by atoms with E-state index in [-0.39, 0.29) is 45.8 Å². The molecule has 9 nitrogen and oxygen atoms in total. The normalized spacial score (nSPS) is 23.0. The summed E-state index contributed by atoms with van der Waals surface area (Å²) < 4.78 is 45.3. The van der Waals surface area contributed by atoms with E-state index in [0.29, 0.717) is 37.9 Å². The minimum atomic E-state index is -2.94. The van der Waals surface area contributed by atoms with Crippen LogP contribution in [0.4, 0.5) is 25.1 Å². The van der Waals surface area contributed by atoms with Crippen molar-refractivity contribution in [3.63, 3.8) is 0 Å². The number of aryl methyl sites for hydroxylation is 1. The lowest BCUT2D eigenvalue weighted by molar-refractivity contribution is -0.137. The lowest BCUT2D eigenvalue weighted by Gasteiger charge is -2.29. The van der Waals surface area contributed by atoms with Crippen molar-refractivity contribution < 1.29 is 32.9 Å². The van der Waals surface area contributed by atoms with Gasteiger partial charge in [-0.15, -0.1) is 0 Å². The molecule has 3 aliphatic rings. The van der Waals surface area contributed by atoms with E-state index in [1.54, 1.807) is 12.1 Å². The number of aliphatic hydroxyl groups is 1. The number of carbonyl (C=O) groups excluding carboxylic acids is 1. The molecule has 200 valence electrons. The van der Waals surface area contributed by atoms with Crippen molar-refractivity contribution in [1.82, 2.24) is 9.88 Å². The minimum absolute atomic E-state index is 0.00611. The number of aromatic nitrogens is 1. The lowest BCUT2D eigenvalue weighted by Crippen LogP contribution is -2.48. The second-order valence-corrected chi connectivity index (χ2v) is 9.65. The van der Waals surface area contributed by atoms with Crippen molar-refractivity contribution in [2.45, 2.75) is 31.3 Å². The van der Waals surface area contributed by atoms with Crippen molar-refractivity contribution >= 4 is 17.5 Å².